The molecule has 2 rings (SSSR count). The topological polar surface area (TPSA) is 57.6 Å². The summed E-state index contributed by atoms with van der Waals surface area (Å²) >= 11 is 0. The van der Waals surface area contributed by atoms with Gasteiger partial charge in [0.15, 0.2) is 0 Å². The lowest BCUT2D eigenvalue weighted by Gasteiger charge is -2.26. The number of carboxylic acids is 1. The lowest BCUT2D eigenvalue weighted by atomic mass is 10.1. The molecule has 1 heterocycles. The second-order valence-corrected chi connectivity index (χ2v) is 4.27. The molecule has 1 amide bonds. The van der Waals surface area contributed by atoms with Crippen molar-refractivity contribution in [3.63, 3.8) is 0 Å². The summed E-state index contributed by atoms with van der Waals surface area (Å²) in [4.78, 5) is 23.9. The SMILES string of the molecule is O=C(O)/C=C/c1ccc(N2CCCCC2=O)cc1. The molecule has 0 aromatic heterocycles. The number of hydrogen-bond donors (Lipinski definition) is 1. The molecule has 0 unspecified atom stereocenters. The largest absolute Gasteiger partial charge is 0.478 e. The maximum Gasteiger partial charge on any atom is 0.328 e. The van der Waals surface area contributed by atoms with E-state index < -0.39 is 5.97 Å². The number of benzene rings is 1. The molecule has 0 spiro atoms. The summed E-state index contributed by atoms with van der Waals surface area (Å²) in [6.45, 7) is 0.767. The highest BCUT2D eigenvalue weighted by molar-refractivity contribution is 5.94. The molecule has 1 aliphatic rings. The van der Waals surface area contributed by atoms with Crippen LogP contribution >= 0.6 is 0 Å². The predicted octanol–water partition coefficient (Wildman–Crippen LogP) is 2.30. The zero-order chi connectivity index (χ0) is 13.0. The number of carboxylic acid groups (broad SMARTS) is 1. The van der Waals surface area contributed by atoms with Gasteiger partial charge >= 0.3 is 5.97 Å². The summed E-state index contributed by atoms with van der Waals surface area (Å²) in [6, 6.07) is 7.34. The van der Waals surface area contributed by atoms with Crippen molar-refractivity contribution < 1.29 is 14.7 Å². The molecule has 1 N–H and O–H groups in total. The first-order valence-electron chi connectivity index (χ1n) is 5.98. The minimum atomic E-state index is -0.967. The molecule has 4 nitrogen and oxygen atoms in total. The van der Waals surface area contributed by atoms with Crippen LogP contribution in [0, 0.1) is 0 Å². The van der Waals surface area contributed by atoms with Gasteiger partial charge < -0.3 is 10.0 Å². The zero-order valence-electron chi connectivity index (χ0n) is 10.0. The van der Waals surface area contributed by atoms with E-state index in [9.17, 15) is 9.59 Å². The van der Waals surface area contributed by atoms with E-state index in [0.717, 1.165) is 36.7 Å². The van der Waals surface area contributed by atoms with Gasteiger partial charge in [0.1, 0.15) is 0 Å². The molecule has 4 heteroatoms. The van der Waals surface area contributed by atoms with Crippen LogP contribution in [0.25, 0.3) is 6.08 Å². The third-order valence-corrected chi connectivity index (χ3v) is 2.95. The quantitative estimate of drug-likeness (QED) is 0.831. The van der Waals surface area contributed by atoms with Crippen molar-refractivity contribution in [3.8, 4) is 0 Å². The number of amides is 1. The van der Waals surface area contributed by atoms with Gasteiger partial charge in [-0.1, -0.05) is 12.1 Å². The van der Waals surface area contributed by atoms with Gasteiger partial charge in [0.2, 0.25) is 5.91 Å². The van der Waals surface area contributed by atoms with Crippen LogP contribution in [-0.4, -0.2) is 23.5 Å². The molecule has 0 radical (unpaired) electrons. The molecule has 1 aliphatic heterocycles. The van der Waals surface area contributed by atoms with Gasteiger partial charge in [0.25, 0.3) is 0 Å². The molecule has 0 atom stereocenters. The second kappa shape index (κ2) is 5.49. The second-order valence-electron chi connectivity index (χ2n) is 4.27. The molecule has 1 saturated heterocycles. The summed E-state index contributed by atoms with van der Waals surface area (Å²) in [5.74, 6) is -0.805. The summed E-state index contributed by atoms with van der Waals surface area (Å²) in [6.07, 6.45) is 5.24. The number of aliphatic carboxylic acids is 1. The van der Waals surface area contributed by atoms with E-state index in [0.29, 0.717) is 6.42 Å². The number of hydrogen-bond acceptors (Lipinski definition) is 2. The Morgan fingerprint density at radius 1 is 1.22 bits per heavy atom. The van der Waals surface area contributed by atoms with E-state index in [1.54, 1.807) is 4.90 Å². The van der Waals surface area contributed by atoms with Gasteiger partial charge in [0, 0.05) is 24.7 Å². The Morgan fingerprint density at radius 3 is 2.56 bits per heavy atom. The number of nitrogens with zero attached hydrogens (tertiary/aromatic N) is 1. The lowest BCUT2D eigenvalue weighted by molar-refractivity contribution is -0.131. The Kier molecular flexibility index (Phi) is 3.77. The van der Waals surface area contributed by atoms with E-state index >= 15 is 0 Å². The van der Waals surface area contributed by atoms with Crippen molar-refractivity contribution in [1.29, 1.82) is 0 Å². The van der Waals surface area contributed by atoms with E-state index in [1.807, 2.05) is 24.3 Å². The summed E-state index contributed by atoms with van der Waals surface area (Å²) in [5.41, 5.74) is 1.69. The van der Waals surface area contributed by atoms with Crippen LogP contribution in [0.15, 0.2) is 30.3 Å². The first-order chi connectivity index (χ1) is 8.66. The Bertz CT molecular complexity index is 476. The Hall–Kier alpha value is -2.10. The Balaban J connectivity index is 2.11. The standard InChI is InChI=1S/C14H15NO3/c16-13-3-1-2-10-15(13)12-7-4-11(5-8-12)6-9-14(17)18/h4-9H,1-3,10H2,(H,17,18)/b9-6+. The van der Waals surface area contributed by atoms with Gasteiger partial charge in [-0.3, -0.25) is 4.79 Å². The van der Waals surface area contributed by atoms with Crippen LogP contribution in [0.2, 0.25) is 0 Å². The average Bonchev–Trinajstić information content (AvgIpc) is 2.38. The molecule has 0 saturated carbocycles. The van der Waals surface area contributed by atoms with Gasteiger partial charge in [-0.05, 0) is 36.6 Å². The lowest BCUT2D eigenvalue weighted by Crippen LogP contribution is -2.35. The number of carbonyl (C=O) groups excluding carboxylic acids is 1. The molecular formula is C14H15NO3. The summed E-state index contributed by atoms with van der Waals surface area (Å²) in [7, 11) is 0. The highest BCUT2D eigenvalue weighted by atomic mass is 16.4. The van der Waals surface area contributed by atoms with Crippen molar-refractivity contribution >= 4 is 23.6 Å². The van der Waals surface area contributed by atoms with Crippen molar-refractivity contribution in [3.05, 3.63) is 35.9 Å². The molecule has 18 heavy (non-hydrogen) atoms. The van der Waals surface area contributed by atoms with Crippen LogP contribution in [0.1, 0.15) is 24.8 Å². The molecule has 0 aliphatic carbocycles. The minimum absolute atomic E-state index is 0.162. The monoisotopic (exact) mass is 245 g/mol. The highest BCUT2D eigenvalue weighted by Crippen LogP contribution is 2.21. The summed E-state index contributed by atoms with van der Waals surface area (Å²) < 4.78 is 0. The number of rotatable bonds is 3. The van der Waals surface area contributed by atoms with E-state index in [2.05, 4.69) is 0 Å². The molecular weight excluding hydrogens is 230 g/mol. The molecule has 94 valence electrons. The van der Waals surface area contributed by atoms with Gasteiger partial charge in [-0.25, -0.2) is 4.79 Å². The van der Waals surface area contributed by atoms with Crippen LogP contribution in [0.5, 0.6) is 0 Å². The number of carbonyl (C=O) groups is 2. The smallest absolute Gasteiger partial charge is 0.328 e. The third-order valence-electron chi connectivity index (χ3n) is 2.95. The molecule has 1 fully saturated rings. The van der Waals surface area contributed by atoms with Crippen molar-refractivity contribution in [1.82, 2.24) is 0 Å². The van der Waals surface area contributed by atoms with E-state index in [1.165, 1.54) is 6.08 Å². The Morgan fingerprint density at radius 2 is 1.94 bits per heavy atom. The van der Waals surface area contributed by atoms with Crippen LogP contribution in [0.4, 0.5) is 5.69 Å². The first kappa shape index (κ1) is 12.4. The van der Waals surface area contributed by atoms with Crippen molar-refractivity contribution in [2.24, 2.45) is 0 Å². The maximum atomic E-state index is 11.7. The first-order valence-corrected chi connectivity index (χ1v) is 5.98. The van der Waals surface area contributed by atoms with E-state index in [-0.39, 0.29) is 5.91 Å². The predicted molar refractivity (Wildman–Crippen MR) is 69.3 cm³/mol. The van der Waals surface area contributed by atoms with Crippen molar-refractivity contribution in [2.45, 2.75) is 19.3 Å². The number of piperidine rings is 1. The molecule has 1 aromatic rings. The van der Waals surface area contributed by atoms with Gasteiger partial charge in [-0.2, -0.15) is 0 Å². The average molecular weight is 245 g/mol. The minimum Gasteiger partial charge on any atom is -0.478 e. The van der Waals surface area contributed by atoms with Crippen molar-refractivity contribution in [2.75, 3.05) is 11.4 Å². The van der Waals surface area contributed by atoms with E-state index in [4.69, 9.17) is 5.11 Å². The van der Waals surface area contributed by atoms with Crippen LogP contribution < -0.4 is 4.90 Å². The fourth-order valence-electron chi connectivity index (χ4n) is 2.01. The normalized spacial score (nSPS) is 16.2. The third kappa shape index (κ3) is 2.97. The van der Waals surface area contributed by atoms with Gasteiger partial charge in [0.05, 0.1) is 0 Å². The van der Waals surface area contributed by atoms with Gasteiger partial charge in [-0.15, -0.1) is 0 Å². The fraction of sp³-hybridized carbons (Fsp3) is 0.286. The maximum absolute atomic E-state index is 11.7. The van der Waals surface area contributed by atoms with Crippen LogP contribution in [-0.2, 0) is 9.59 Å². The molecule has 1 aromatic carbocycles. The fourth-order valence-corrected chi connectivity index (χ4v) is 2.01. The Labute approximate surface area is 106 Å². The summed E-state index contributed by atoms with van der Waals surface area (Å²) in [5, 5.41) is 8.53. The zero-order valence-corrected chi connectivity index (χ0v) is 10.0. The highest BCUT2D eigenvalue weighted by Gasteiger charge is 2.18. The molecule has 0 bridgehead atoms. The van der Waals surface area contributed by atoms with Crippen LogP contribution in [0.3, 0.4) is 0 Å². The number of anilines is 1.